The van der Waals surface area contributed by atoms with Crippen LogP contribution in [0.4, 0.5) is 0 Å². The Kier molecular flexibility index (Phi) is 9.49. The Hall–Kier alpha value is 0.966. The minimum Gasteiger partial charge on any atom is -0.748 e. The standard InChI is InChI=1S/C10H12INO4S.K/c11-7-8-2-1-3-9(6-8)10(13)12-4-5-17(14,15)16;/h1-3,6H,4-5,7H2,(H,12,13)(H,14,15,16);/q;+1/p-1. The molecule has 0 spiro atoms. The van der Waals surface area contributed by atoms with Crippen molar-refractivity contribution in [2.75, 3.05) is 12.3 Å². The van der Waals surface area contributed by atoms with Gasteiger partial charge in [0.25, 0.3) is 5.91 Å². The second-order valence-corrected chi connectivity index (χ2v) is 5.64. The number of alkyl halides is 1. The Labute approximate surface area is 162 Å². The molecule has 0 unspecified atom stereocenters. The van der Waals surface area contributed by atoms with Crippen molar-refractivity contribution in [1.29, 1.82) is 0 Å². The van der Waals surface area contributed by atoms with Crippen LogP contribution in [0.3, 0.4) is 0 Å². The van der Waals surface area contributed by atoms with Crippen molar-refractivity contribution in [3.63, 3.8) is 0 Å². The summed E-state index contributed by atoms with van der Waals surface area (Å²) in [6, 6.07) is 7.02. The Morgan fingerprint density at radius 2 is 2.06 bits per heavy atom. The van der Waals surface area contributed by atoms with E-state index >= 15 is 0 Å². The van der Waals surface area contributed by atoms with Crippen LogP contribution in [0.25, 0.3) is 0 Å². The smallest absolute Gasteiger partial charge is 0.748 e. The van der Waals surface area contributed by atoms with E-state index in [1.807, 2.05) is 6.07 Å². The number of benzene rings is 1. The van der Waals surface area contributed by atoms with Crippen LogP contribution < -0.4 is 56.7 Å². The third kappa shape index (κ3) is 7.53. The second kappa shape index (κ2) is 9.00. The van der Waals surface area contributed by atoms with Gasteiger partial charge in [-0.3, -0.25) is 4.79 Å². The second-order valence-electron chi connectivity index (χ2n) is 3.35. The maximum atomic E-state index is 11.6. The molecular formula is C10H11IKNO4S. The van der Waals surface area contributed by atoms with Crippen LogP contribution in [0, 0.1) is 0 Å². The Morgan fingerprint density at radius 3 is 2.61 bits per heavy atom. The molecule has 5 nitrogen and oxygen atoms in total. The Bertz CT molecular complexity index is 506. The van der Waals surface area contributed by atoms with Crippen LogP contribution >= 0.6 is 22.6 Å². The molecule has 0 fully saturated rings. The molecule has 0 bridgehead atoms. The van der Waals surface area contributed by atoms with E-state index in [4.69, 9.17) is 0 Å². The van der Waals surface area contributed by atoms with Crippen LogP contribution in [-0.4, -0.2) is 31.2 Å². The number of rotatable bonds is 5. The molecule has 1 rings (SSSR count). The van der Waals surface area contributed by atoms with Crippen molar-refractivity contribution < 1.29 is 69.1 Å². The number of hydrogen-bond donors (Lipinski definition) is 1. The van der Waals surface area contributed by atoms with Crippen LogP contribution in [0.1, 0.15) is 15.9 Å². The molecule has 0 heterocycles. The van der Waals surface area contributed by atoms with Gasteiger partial charge in [0.05, 0.1) is 15.9 Å². The number of halogens is 1. The molecule has 0 aliphatic heterocycles. The van der Waals surface area contributed by atoms with E-state index in [-0.39, 0.29) is 63.8 Å². The van der Waals surface area contributed by atoms with E-state index in [1.54, 1.807) is 18.2 Å². The number of nitrogens with one attached hydrogen (secondary N) is 1. The molecule has 1 aromatic rings. The number of carbonyl (C=O) groups is 1. The van der Waals surface area contributed by atoms with Gasteiger partial charge in [-0.2, -0.15) is 0 Å². The molecular weight excluding hydrogens is 396 g/mol. The van der Waals surface area contributed by atoms with Gasteiger partial charge in [0.1, 0.15) is 0 Å². The Balaban J connectivity index is 0.00000289. The maximum Gasteiger partial charge on any atom is 1.00 e. The first-order valence-electron chi connectivity index (χ1n) is 4.79. The number of hydrogen-bond acceptors (Lipinski definition) is 4. The summed E-state index contributed by atoms with van der Waals surface area (Å²) >= 11 is 2.18. The van der Waals surface area contributed by atoms with Gasteiger partial charge in [0, 0.05) is 16.5 Å². The van der Waals surface area contributed by atoms with Crippen molar-refractivity contribution in [2.24, 2.45) is 0 Å². The molecule has 1 aromatic carbocycles. The third-order valence-corrected chi connectivity index (χ3v) is 3.57. The summed E-state index contributed by atoms with van der Waals surface area (Å²) in [7, 11) is -4.28. The van der Waals surface area contributed by atoms with Gasteiger partial charge >= 0.3 is 51.4 Å². The normalized spacial score (nSPS) is 10.6. The molecule has 18 heavy (non-hydrogen) atoms. The summed E-state index contributed by atoms with van der Waals surface area (Å²) < 4.78 is 31.8. The fourth-order valence-electron chi connectivity index (χ4n) is 1.19. The van der Waals surface area contributed by atoms with Gasteiger partial charge in [-0.1, -0.05) is 34.7 Å². The zero-order valence-corrected chi connectivity index (χ0v) is 15.9. The van der Waals surface area contributed by atoms with Crippen molar-refractivity contribution in [3.05, 3.63) is 35.4 Å². The van der Waals surface area contributed by atoms with Gasteiger partial charge in [-0.15, -0.1) is 0 Å². The maximum absolute atomic E-state index is 11.6. The van der Waals surface area contributed by atoms with Crippen LogP contribution in [0.5, 0.6) is 0 Å². The van der Waals surface area contributed by atoms with Crippen molar-refractivity contribution in [1.82, 2.24) is 5.32 Å². The summed E-state index contributed by atoms with van der Waals surface area (Å²) in [5.74, 6) is -0.967. The fourth-order valence-corrected chi connectivity index (χ4v) is 2.01. The van der Waals surface area contributed by atoms with Gasteiger partial charge in [0.2, 0.25) is 0 Å². The molecule has 1 amide bonds. The average molecular weight is 407 g/mol. The SMILES string of the molecule is O=C(NCCS(=O)(=O)[O-])c1cccc(CI)c1.[K+]. The van der Waals surface area contributed by atoms with Crippen molar-refractivity contribution in [3.8, 4) is 0 Å². The molecule has 0 radical (unpaired) electrons. The quantitative estimate of drug-likeness (QED) is 0.262. The molecule has 8 heteroatoms. The van der Waals surface area contributed by atoms with E-state index in [2.05, 4.69) is 27.9 Å². The summed E-state index contributed by atoms with van der Waals surface area (Å²) in [5.41, 5.74) is 1.47. The molecule has 0 saturated heterocycles. The van der Waals surface area contributed by atoms with Crippen LogP contribution in [-0.2, 0) is 14.5 Å². The van der Waals surface area contributed by atoms with Crippen molar-refractivity contribution in [2.45, 2.75) is 4.43 Å². The van der Waals surface area contributed by atoms with E-state index in [0.717, 1.165) is 9.99 Å². The van der Waals surface area contributed by atoms with Crippen LogP contribution in [0.2, 0.25) is 0 Å². The van der Waals surface area contributed by atoms with Crippen LogP contribution in [0.15, 0.2) is 24.3 Å². The monoisotopic (exact) mass is 407 g/mol. The first-order valence-corrected chi connectivity index (χ1v) is 7.89. The average Bonchev–Trinajstić information content (AvgIpc) is 2.27. The minimum atomic E-state index is -4.28. The summed E-state index contributed by atoms with van der Waals surface area (Å²) in [6.07, 6.45) is 0. The third-order valence-electron chi connectivity index (χ3n) is 1.98. The zero-order chi connectivity index (χ0) is 12.9. The predicted octanol–water partition coefficient (Wildman–Crippen LogP) is -2.10. The Morgan fingerprint density at radius 1 is 1.39 bits per heavy atom. The van der Waals surface area contributed by atoms with Gasteiger partial charge in [-0.25, -0.2) is 8.42 Å². The first-order chi connectivity index (χ1) is 7.92. The largest absolute Gasteiger partial charge is 1.00 e. The molecule has 94 valence electrons. The first kappa shape index (κ1) is 19.0. The van der Waals surface area contributed by atoms with Crippen molar-refractivity contribution >= 4 is 38.6 Å². The summed E-state index contributed by atoms with van der Waals surface area (Å²) in [5, 5.41) is 2.39. The predicted molar refractivity (Wildman–Crippen MR) is 71.1 cm³/mol. The summed E-state index contributed by atoms with van der Waals surface area (Å²) in [4.78, 5) is 11.6. The topological polar surface area (TPSA) is 86.3 Å². The van der Waals surface area contributed by atoms with E-state index in [9.17, 15) is 17.8 Å². The zero-order valence-electron chi connectivity index (χ0n) is 9.85. The van der Waals surface area contributed by atoms with Gasteiger partial charge in [-0.05, 0) is 17.7 Å². The molecule has 1 N–H and O–H groups in total. The molecule has 0 atom stereocenters. The van der Waals surface area contributed by atoms with E-state index in [1.165, 1.54) is 0 Å². The van der Waals surface area contributed by atoms with E-state index < -0.39 is 15.9 Å². The summed E-state index contributed by atoms with van der Waals surface area (Å²) in [6.45, 7) is -0.168. The number of carbonyl (C=O) groups excluding carboxylic acids is 1. The minimum absolute atomic E-state index is 0. The molecule has 0 aliphatic rings. The molecule has 0 aromatic heterocycles. The van der Waals surface area contributed by atoms with Gasteiger partial charge in [0.15, 0.2) is 0 Å². The van der Waals surface area contributed by atoms with Gasteiger partial charge < -0.3 is 9.87 Å². The molecule has 0 aliphatic carbocycles. The number of amides is 1. The van der Waals surface area contributed by atoms with E-state index in [0.29, 0.717) is 5.56 Å². The molecule has 0 saturated carbocycles. The fraction of sp³-hybridized carbons (Fsp3) is 0.300.